The summed E-state index contributed by atoms with van der Waals surface area (Å²) in [6, 6.07) is 0. The Bertz CT molecular complexity index is 265. The molecule has 78 valence electrons. The van der Waals surface area contributed by atoms with Gasteiger partial charge in [0.25, 0.3) is 0 Å². The van der Waals surface area contributed by atoms with Gasteiger partial charge in [-0.1, -0.05) is 13.5 Å². The molecule has 0 saturated heterocycles. The maximum absolute atomic E-state index is 9.71. The number of hydrogen-bond acceptors (Lipinski definition) is 5. The van der Waals surface area contributed by atoms with Gasteiger partial charge in [-0.25, -0.2) is 8.42 Å². The molecule has 8 heteroatoms. The zero-order chi connectivity index (χ0) is 11.1. The predicted octanol–water partition coefficient (Wildman–Crippen LogP) is -6.15. The van der Waals surface area contributed by atoms with Crippen molar-refractivity contribution in [1.29, 1.82) is 5.41 Å². The molecule has 0 unspecified atom stereocenters. The van der Waals surface area contributed by atoms with Crippen molar-refractivity contribution in [1.82, 2.24) is 0 Å². The standard InChI is InChI=1S/C4H7NO.C3H8O3S.2Na/c1-3(2)4(5)6;1-2-3-7(4,5)6;;/h1H2,2H3,(H2,5,6);2-3H2,1H3,(H,4,5,6);;/q;;2*+1/p-2. The second-order valence-electron chi connectivity index (χ2n) is 2.37. The van der Waals surface area contributed by atoms with Crippen LogP contribution in [0.2, 0.25) is 0 Å². The fourth-order valence-corrected chi connectivity index (χ4v) is 0.750. The Morgan fingerprint density at radius 1 is 1.40 bits per heavy atom. The fraction of sp³-hybridized carbons (Fsp3) is 0.571. The molecule has 0 radical (unpaired) electrons. The van der Waals surface area contributed by atoms with Crippen molar-refractivity contribution in [3.63, 3.8) is 0 Å². The van der Waals surface area contributed by atoms with Crippen LogP contribution >= 0.6 is 0 Å². The average Bonchev–Trinajstić information content (AvgIpc) is 1.85. The summed E-state index contributed by atoms with van der Waals surface area (Å²) >= 11 is 0. The smallest absolute Gasteiger partial charge is 0.859 e. The third kappa shape index (κ3) is 31.3. The minimum atomic E-state index is -3.92. The normalized spacial score (nSPS) is 8.47. The van der Waals surface area contributed by atoms with Crippen LogP contribution in [0.4, 0.5) is 0 Å². The Labute approximate surface area is 135 Å². The zero-order valence-corrected chi connectivity index (χ0v) is 14.5. The van der Waals surface area contributed by atoms with Gasteiger partial charge in [0.15, 0.2) is 0 Å². The summed E-state index contributed by atoms with van der Waals surface area (Å²) in [5.41, 5.74) is 0.287. The van der Waals surface area contributed by atoms with Crippen LogP contribution in [0, 0.1) is 5.41 Å². The molecular weight excluding hydrogens is 240 g/mol. The maximum atomic E-state index is 9.71. The largest absolute Gasteiger partial charge is 1.00 e. The van der Waals surface area contributed by atoms with E-state index < -0.39 is 16.0 Å². The number of rotatable bonds is 3. The van der Waals surface area contributed by atoms with E-state index in [1.807, 2.05) is 0 Å². The summed E-state index contributed by atoms with van der Waals surface area (Å²) in [7, 11) is -3.92. The summed E-state index contributed by atoms with van der Waals surface area (Å²) in [4.78, 5) is 0. The molecule has 0 aromatic rings. The van der Waals surface area contributed by atoms with E-state index in [1.54, 1.807) is 6.92 Å². The molecule has 0 aromatic carbocycles. The van der Waals surface area contributed by atoms with Gasteiger partial charge in [-0.3, -0.25) is 0 Å². The molecule has 0 aliphatic rings. The van der Waals surface area contributed by atoms with Gasteiger partial charge >= 0.3 is 59.1 Å². The first kappa shape index (κ1) is 25.1. The Hall–Kier alpha value is 1.12. The molecule has 0 atom stereocenters. The molecule has 0 amide bonds. The summed E-state index contributed by atoms with van der Waals surface area (Å²) in [6.45, 7) is 6.38. The van der Waals surface area contributed by atoms with Crippen LogP contribution in [-0.2, 0) is 10.1 Å². The van der Waals surface area contributed by atoms with Crippen LogP contribution < -0.4 is 64.2 Å². The van der Waals surface area contributed by atoms with E-state index in [-0.39, 0.29) is 70.4 Å². The van der Waals surface area contributed by atoms with Gasteiger partial charge in [0, 0.05) is 5.75 Å². The molecule has 0 fully saturated rings. The molecule has 0 saturated carbocycles. The van der Waals surface area contributed by atoms with Crippen LogP contribution in [0.5, 0.6) is 0 Å². The first-order valence-corrected chi connectivity index (χ1v) is 5.13. The molecular formula is C7H13NNa2O4S. The van der Waals surface area contributed by atoms with Crippen molar-refractivity contribution in [3.05, 3.63) is 12.2 Å². The molecule has 1 N–H and O–H groups in total. The molecule has 0 rings (SSSR count). The van der Waals surface area contributed by atoms with Crippen molar-refractivity contribution in [2.24, 2.45) is 0 Å². The molecule has 0 aliphatic heterocycles. The first-order valence-electron chi connectivity index (χ1n) is 3.55. The molecule has 0 aromatic heterocycles. The summed E-state index contributed by atoms with van der Waals surface area (Å²) < 4.78 is 29.0. The third-order valence-corrected chi connectivity index (χ3v) is 1.75. The van der Waals surface area contributed by atoms with Gasteiger partial charge in [0.1, 0.15) is 0 Å². The SMILES string of the molecule is C=C(C)C(=N)[O-].CCCS(=O)(=O)[O-].[Na+].[Na+]. The van der Waals surface area contributed by atoms with Gasteiger partial charge in [-0.15, -0.1) is 0 Å². The Morgan fingerprint density at radius 2 is 1.67 bits per heavy atom. The second-order valence-corrected chi connectivity index (χ2v) is 3.89. The first-order chi connectivity index (χ1) is 5.70. The Morgan fingerprint density at radius 3 is 1.67 bits per heavy atom. The van der Waals surface area contributed by atoms with Gasteiger partial charge in [0.2, 0.25) is 0 Å². The second kappa shape index (κ2) is 13.2. The predicted molar refractivity (Wildman–Crippen MR) is 47.4 cm³/mol. The summed E-state index contributed by atoms with van der Waals surface area (Å²) in [6.07, 6.45) is 0.409. The summed E-state index contributed by atoms with van der Waals surface area (Å²) in [5.74, 6) is -0.928. The van der Waals surface area contributed by atoms with Crippen molar-refractivity contribution in [2.45, 2.75) is 20.3 Å². The third-order valence-electron chi connectivity index (χ3n) is 0.842. The average molecular weight is 253 g/mol. The van der Waals surface area contributed by atoms with E-state index in [4.69, 9.17) is 5.41 Å². The van der Waals surface area contributed by atoms with E-state index in [1.165, 1.54) is 6.92 Å². The monoisotopic (exact) mass is 253 g/mol. The quantitative estimate of drug-likeness (QED) is 0.234. The van der Waals surface area contributed by atoms with Crippen LogP contribution in [0.1, 0.15) is 20.3 Å². The Balaban J connectivity index is -0.0000000718. The van der Waals surface area contributed by atoms with Crippen molar-refractivity contribution in [3.8, 4) is 0 Å². The number of hydrogen-bond donors (Lipinski definition) is 1. The van der Waals surface area contributed by atoms with Crippen molar-refractivity contribution in [2.75, 3.05) is 5.75 Å². The molecule has 15 heavy (non-hydrogen) atoms. The van der Waals surface area contributed by atoms with E-state index in [0.29, 0.717) is 6.42 Å². The topological polar surface area (TPSA) is 104 Å². The van der Waals surface area contributed by atoms with Crippen molar-refractivity contribution >= 4 is 16.0 Å². The van der Waals surface area contributed by atoms with E-state index in [2.05, 4.69) is 6.58 Å². The van der Waals surface area contributed by atoms with Crippen LogP contribution in [0.25, 0.3) is 0 Å². The van der Waals surface area contributed by atoms with Crippen LogP contribution in [0.3, 0.4) is 0 Å². The van der Waals surface area contributed by atoms with Gasteiger partial charge in [-0.2, -0.15) is 0 Å². The van der Waals surface area contributed by atoms with Crippen molar-refractivity contribution < 1.29 is 77.2 Å². The van der Waals surface area contributed by atoms with Gasteiger partial charge < -0.3 is 15.1 Å². The van der Waals surface area contributed by atoms with Crippen LogP contribution in [0.15, 0.2) is 12.2 Å². The molecule has 0 bridgehead atoms. The molecule has 5 nitrogen and oxygen atoms in total. The molecule has 0 spiro atoms. The van der Waals surface area contributed by atoms with E-state index >= 15 is 0 Å². The van der Waals surface area contributed by atoms with Gasteiger partial charge in [-0.05, 0) is 24.8 Å². The molecule has 0 heterocycles. The summed E-state index contributed by atoms with van der Waals surface area (Å²) in [5, 5.41) is 16.0. The van der Waals surface area contributed by atoms with Gasteiger partial charge in [0.05, 0.1) is 10.1 Å². The van der Waals surface area contributed by atoms with E-state index in [9.17, 15) is 18.1 Å². The molecule has 0 aliphatic carbocycles. The van der Waals surface area contributed by atoms with E-state index in [0.717, 1.165) is 0 Å². The zero-order valence-electron chi connectivity index (χ0n) is 9.66. The maximum Gasteiger partial charge on any atom is 1.00 e. The fourth-order valence-electron chi connectivity index (χ4n) is 0.250. The number of nitrogens with one attached hydrogen (secondary N) is 1. The van der Waals surface area contributed by atoms with Crippen LogP contribution in [-0.4, -0.2) is 24.6 Å². The minimum absolute atomic E-state index is 0. The minimum Gasteiger partial charge on any atom is -0.859 e. The Kier molecular flexibility index (Phi) is 22.1.